The van der Waals surface area contributed by atoms with Gasteiger partial charge >= 0.3 is 0 Å². The number of ether oxygens (including phenoxy) is 1. The number of nitrogens with zero attached hydrogens (tertiary/aromatic N) is 2. The molecule has 26 heavy (non-hydrogen) atoms. The highest BCUT2D eigenvalue weighted by Gasteiger charge is 2.41. The van der Waals surface area contributed by atoms with Gasteiger partial charge in [0.05, 0.1) is 12.1 Å². The smallest absolute Gasteiger partial charge is 0.256 e. The van der Waals surface area contributed by atoms with Gasteiger partial charge in [-0.2, -0.15) is 0 Å². The molecule has 140 valence electrons. The Morgan fingerprint density at radius 2 is 2.35 bits per heavy atom. The fourth-order valence-corrected chi connectivity index (χ4v) is 3.86. The Morgan fingerprint density at radius 1 is 1.46 bits per heavy atom. The van der Waals surface area contributed by atoms with E-state index in [0.29, 0.717) is 26.1 Å². The lowest BCUT2D eigenvalue weighted by Gasteiger charge is -2.38. The van der Waals surface area contributed by atoms with Crippen molar-refractivity contribution in [3.63, 3.8) is 0 Å². The molecule has 0 bridgehead atoms. The maximum Gasteiger partial charge on any atom is 0.256 e. The molecule has 1 aromatic carbocycles. The van der Waals surface area contributed by atoms with Gasteiger partial charge in [0.25, 0.3) is 5.91 Å². The number of carbonyl (C=O) groups is 1. The molecule has 1 saturated heterocycles. The summed E-state index contributed by atoms with van der Waals surface area (Å²) in [6.45, 7) is 2.11. The fraction of sp³-hybridized carbons (Fsp3) is 0.474. The molecule has 2 N–H and O–H groups in total. The number of rotatable bonds is 8. The van der Waals surface area contributed by atoms with E-state index in [9.17, 15) is 9.90 Å². The number of methoxy groups -OCH3 is 1. The van der Waals surface area contributed by atoms with Crippen LogP contribution >= 0.6 is 11.3 Å². The van der Waals surface area contributed by atoms with E-state index in [-0.39, 0.29) is 12.5 Å². The molecular formula is C19H25N3O3S. The SMILES string of the molecule is COc1cccc(CN2CCCC(O)(CNCCc3nccs3)C2=O)c1. The van der Waals surface area contributed by atoms with Gasteiger partial charge in [-0.15, -0.1) is 11.3 Å². The van der Waals surface area contributed by atoms with Crippen molar-refractivity contribution in [2.24, 2.45) is 0 Å². The molecule has 2 heterocycles. The molecule has 7 heteroatoms. The number of piperidine rings is 1. The van der Waals surface area contributed by atoms with Crippen LogP contribution in [0, 0.1) is 0 Å². The Hall–Kier alpha value is -1.96. The van der Waals surface area contributed by atoms with E-state index in [1.807, 2.05) is 29.6 Å². The lowest BCUT2D eigenvalue weighted by molar-refractivity contribution is -0.157. The molecule has 6 nitrogen and oxygen atoms in total. The molecule has 1 aromatic heterocycles. The quantitative estimate of drug-likeness (QED) is 0.689. The molecule has 1 amide bonds. The third-order valence-electron chi connectivity index (χ3n) is 4.63. The van der Waals surface area contributed by atoms with Gasteiger partial charge in [0.15, 0.2) is 5.60 Å². The number of benzene rings is 1. The van der Waals surface area contributed by atoms with E-state index >= 15 is 0 Å². The highest BCUT2D eigenvalue weighted by atomic mass is 32.1. The van der Waals surface area contributed by atoms with E-state index in [1.54, 1.807) is 29.5 Å². The predicted molar refractivity (Wildman–Crippen MR) is 101 cm³/mol. The lowest BCUT2D eigenvalue weighted by Crippen LogP contribution is -2.57. The number of thiazole rings is 1. The number of carbonyl (C=O) groups excluding carboxylic acids is 1. The second kappa shape index (κ2) is 8.62. The van der Waals surface area contributed by atoms with Crippen molar-refractivity contribution in [2.75, 3.05) is 26.7 Å². The second-order valence-corrected chi connectivity index (χ2v) is 7.55. The van der Waals surface area contributed by atoms with Crippen molar-refractivity contribution < 1.29 is 14.6 Å². The van der Waals surface area contributed by atoms with Crippen LogP contribution in [-0.2, 0) is 17.8 Å². The zero-order valence-electron chi connectivity index (χ0n) is 15.0. The highest BCUT2D eigenvalue weighted by molar-refractivity contribution is 7.09. The molecule has 0 radical (unpaired) electrons. The minimum atomic E-state index is -1.33. The topological polar surface area (TPSA) is 74.7 Å². The summed E-state index contributed by atoms with van der Waals surface area (Å²) in [5.74, 6) is 0.569. The molecule has 0 aliphatic carbocycles. The van der Waals surface area contributed by atoms with Crippen LogP contribution in [0.4, 0.5) is 0 Å². The predicted octanol–water partition coefficient (Wildman–Crippen LogP) is 1.84. The van der Waals surface area contributed by atoms with Crippen LogP contribution in [-0.4, -0.2) is 53.2 Å². The van der Waals surface area contributed by atoms with Crippen molar-refractivity contribution in [1.82, 2.24) is 15.2 Å². The number of hydrogen-bond acceptors (Lipinski definition) is 6. The van der Waals surface area contributed by atoms with Crippen LogP contribution in [0.5, 0.6) is 5.75 Å². The van der Waals surface area contributed by atoms with Crippen LogP contribution in [0.2, 0.25) is 0 Å². The number of likely N-dealkylation sites (tertiary alicyclic amines) is 1. The molecule has 1 aliphatic rings. The number of amides is 1. The van der Waals surface area contributed by atoms with Crippen molar-refractivity contribution >= 4 is 17.2 Å². The Labute approximate surface area is 157 Å². The molecular weight excluding hydrogens is 350 g/mol. The Bertz CT molecular complexity index is 723. The summed E-state index contributed by atoms with van der Waals surface area (Å²) in [5.41, 5.74) is -0.335. The monoisotopic (exact) mass is 375 g/mol. The van der Waals surface area contributed by atoms with Crippen LogP contribution < -0.4 is 10.1 Å². The first-order valence-electron chi connectivity index (χ1n) is 8.84. The van der Waals surface area contributed by atoms with Gasteiger partial charge in [-0.25, -0.2) is 4.98 Å². The summed E-state index contributed by atoms with van der Waals surface area (Å²) in [7, 11) is 1.63. The number of hydrogen-bond donors (Lipinski definition) is 2. The second-order valence-electron chi connectivity index (χ2n) is 6.57. The number of nitrogens with one attached hydrogen (secondary N) is 1. The lowest BCUT2D eigenvalue weighted by atomic mass is 9.91. The van der Waals surface area contributed by atoms with Gasteiger partial charge in [-0.1, -0.05) is 12.1 Å². The number of aliphatic hydroxyl groups is 1. The summed E-state index contributed by atoms with van der Waals surface area (Å²) in [6.07, 6.45) is 3.87. The van der Waals surface area contributed by atoms with Gasteiger partial charge in [-0.05, 0) is 30.5 Å². The van der Waals surface area contributed by atoms with Gasteiger partial charge in [-0.3, -0.25) is 4.79 Å². The third-order valence-corrected chi connectivity index (χ3v) is 5.47. The molecule has 1 fully saturated rings. The third kappa shape index (κ3) is 4.60. The molecule has 1 unspecified atom stereocenters. The van der Waals surface area contributed by atoms with E-state index in [2.05, 4.69) is 10.3 Å². The van der Waals surface area contributed by atoms with Crippen LogP contribution in [0.3, 0.4) is 0 Å². The zero-order valence-corrected chi connectivity index (χ0v) is 15.8. The first-order valence-corrected chi connectivity index (χ1v) is 9.72. The number of aromatic nitrogens is 1. The summed E-state index contributed by atoms with van der Waals surface area (Å²) in [4.78, 5) is 18.8. The zero-order chi connectivity index (χ0) is 18.4. The van der Waals surface area contributed by atoms with Crippen molar-refractivity contribution in [3.05, 3.63) is 46.4 Å². The average molecular weight is 375 g/mol. The molecule has 3 rings (SSSR count). The van der Waals surface area contributed by atoms with Crippen molar-refractivity contribution in [2.45, 2.75) is 31.4 Å². The van der Waals surface area contributed by atoms with Gasteiger partial charge in [0.2, 0.25) is 0 Å². The van der Waals surface area contributed by atoms with E-state index < -0.39 is 5.60 Å². The fourth-order valence-electron chi connectivity index (χ4n) is 3.24. The highest BCUT2D eigenvalue weighted by Crippen LogP contribution is 2.24. The standard InChI is InChI=1S/C19H25N3O3S/c1-25-16-5-2-4-15(12-16)13-22-10-3-7-19(24,18(22)23)14-20-8-6-17-21-9-11-26-17/h2,4-5,9,11-12,20,24H,3,6-8,10,13-14H2,1H3. The molecule has 2 aromatic rings. The van der Waals surface area contributed by atoms with Crippen LogP contribution in [0.1, 0.15) is 23.4 Å². The van der Waals surface area contributed by atoms with Gasteiger partial charge in [0.1, 0.15) is 5.75 Å². The van der Waals surface area contributed by atoms with Crippen LogP contribution in [0.25, 0.3) is 0 Å². The molecule has 0 spiro atoms. The van der Waals surface area contributed by atoms with Crippen LogP contribution in [0.15, 0.2) is 35.8 Å². The first kappa shape index (κ1) is 18.8. The van der Waals surface area contributed by atoms with Gasteiger partial charge in [0, 0.05) is 44.2 Å². The van der Waals surface area contributed by atoms with E-state index in [0.717, 1.165) is 29.2 Å². The minimum absolute atomic E-state index is 0.201. The summed E-state index contributed by atoms with van der Waals surface area (Å²) in [5, 5.41) is 17.1. The average Bonchev–Trinajstić information content (AvgIpc) is 3.17. The Balaban J connectivity index is 1.55. The maximum absolute atomic E-state index is 12.8. The molecule has 1 aliphatic heterocycles. The summed E-state index contributed by atoms with van der Waals surface area (Å²) < 4.78 is 5.24. The Morgan fingerprint density at radius 3 is 3.12 bits per heavy atom. The summed E-state index contributed by atoms with van der Waals surface area (Å²) >= 11 is 1.61. The van der Waals surface area contributed by atoms with E-state index in [4.69, 9.17) is 4.74 Å². The van der Waals surface area contributed by atoms with Crippen molar-refractivity contribution in [1.29, 1.82) is 0 Å². The first-order chi connectivity index (χ1) is 12.6. The summed E-state index contributed by atoms with van der Waals surface area (Å²) in [6, 6.07) is 7.68. The normalized spacial score (nSPS) is 20.4. The minimum Gasteiger partial charge on any atom is -0.497 e. The van der Waals surface area contributed by atoms with Crippen molar-refractivity contribution in [3.8, 4) is 5.75 Å². The maximum atomic E-state index is 12.8. The largest absolute Gasteiger partial charge is 0.497 e. The molecule has 0 saturated carbocycles. The molecule has 1 atom stereocenters. The Kier molecular flexibility index (Phi) is 6.24. The van der Waals surface area contributed by atoms with Gasteiger partial charge < -0.3 is 20.1 Å². The van der Waals surface area contributed by atoms with E-state index in [1.165, 1.54) is 0 Å².